The number of azo groups is 2. The van der Waals surface area contributed by atoms with Crippen LogP contribution in [0.15, 0.2) is 160 Å². The van der Waals surface area contributed by atoms with Crippen molar-refractivity contribution < 1.29 is 38.6 Å². The second-order valence-electron chi connectivity index (χ2n) is 13.8. The molecule has 0 radical (unpaired) electrons. The van der Waals surface area contributed by atoms with Crippen molar-refractivity contribution in [3.63, 3.8) is 0 Å². The number of aromatic amines is 2. The Kier molecular flexibility index (Phi) is 15.9. The van der Waals surface area contributed by atoms with Gasteiger partial charge in [-0.25, -0.2) is 9.13 Å². The van der Waals surface area contributed by atoms with E-state index in [2.05, 4.69) is 120 Å². The van der Waals surface area contributed by atoms with Gasteiger partial charge in [-0.05, 0) is 54.4 Å². The summed E-state index contributed by atoms with van der Waals surface area (Å²) in [6, 6.07) is 32.7. The van der Waals surface area contributed by atoms with Gasteiger partial charge in [-0.1, -0.05) is 79.3 Å². The number of nitrogens with one attached hydrogen (secondary N) is 2. The van der Waals surface area contributed by atoms with E-state index < -0.39 is 0 Å². The number of hydrogen-bond donors (Lipinski definition) is 2. The maximum Gasteiger partial charge on any atom is 0.354 e. The Morgan fingerprint density at radius 1 is 0.712 bits per heavy atom. The number of aryl methyl sites for hydroxylation is 4. The van der Waals surface area contributed by atoms with E-state index in [0.29, 0.717) is 0 Å². The van der Waals surface area contributed by atoms with Crippen molar-refractivity contribution in [3.8, 4) is 0 Å². The summed E-state index contributed by atoms with van der Waals surface area (Å²) in [5, 5.41) is 25.1. The van der Waals surface area contributed by atoms with E-state index in [1.54, 1.807) is 4.68 Å². The van der Waals surface area contributed by atoms with Crippen LogP contribution in [0.4, 0.5) is 17.1 Å². The fourth-order valence-electron chi connectivity index (χ4n) is 6.45. The van der Waals surface area contributed by atoms with Crippen LogP contribution < -0.4 is 33.9 Å². The smallest absolute Gasteiger partial charge is 0.354 e. The summed E-state index contributed by atoms with van der Waals surface area (Å²) in [7, 11) is 7.89. The van der Waals surface area contributed by atoms with Gasteiger partial charge in [0.1, 0.15) is 44.1 Å². The molecule has 9 rings (SSSR count). The molecule has 0 spiro atoms. The summed E-state index contributed by atoms with van der Waals surface area (Å²) in [6.45, 7) is 4.07. The number of hydrazone groups is 1. The van der Waals surface area contributed by atoms with Crippen LogP contribution in [-0.2, 0) is 21.1 Å². The third kappa shape index (κ3) is 10.9. The SMILES string of the molecule is C.CC1C=N[N+](C)=C1N=Nc1cn(C)c2ccccc12.C[n+]1ccc(C=Cc2c[nH]c3ccccc23)cc1.Cc1[nH]c2ccccc2c1N=Nc1ccc[n+](C)c1.[Cl-].[Cl-]. The van der Waals surface area contributed by atoms with Gasteiger partial charge < -0.3 is 39.3 Å². The van der Waals surface area contributed by atoms with Gasteiger partial charge in [0.25, 0.3) is 0 Å². The number of amidine groups is 1. The Morgan fingerprint density at radius 2 is 1.39 bits per heavy atom. The first kappa shape index (κ1) is 45.1. The molecule has 1 aliphatic heterocycles. The highest BCUT2D eigenvalue weighted by molar-refractivity contribution is 5.97. The van der Waals surface area contributed by atoms with Gasteiger partial charge in [0.05, 0.1) is 16.8 Å². The molecular weight excluding hydrogens is 777 g/mol. The van der Waals surface area contributed by atoms with Crippen molar-refractivity contribution >= 4 is 74.0 Å². The zero-order valence-electron chi connectivity index (χ0n) is 33.3. The zero-order valence-corrected chi connectivity index (χ0v) is 34.8. The topological polar surface area (TPSA) is 109 Å². The van der Waals surface area contributed by atoms with Crippen LogP contribution in [-0.4, -0.2) is 38.3 Å². The lowest BCUT2D eigenvalue weighted by Crippen LogP contribution is -3.00. The zero-order chi connectivity index (χ0) is 39.0. The molecule has 3 aromatic carbocycles. The van der Waals surface area contributed by atoms with Crippen LogP contribution >= 0.6 is 0 Å². The fourth-order valence-corrected chi connectivity index (χ4v) is 6.45. The standard InChI is InChI=1S/C16H14N2.C15H15N4.C14H16N5.CH4.2ClH/c1-18-10-8-13(9-11-18)6-7-14-12-17-16-5-3-2-4-15(14)16;1-11-15(13-7-3-4-8-14(13)16-11)18-17-12-6-5-9-19(2)10-12;1-10-8-15-19(3)14(10)17-16-12-9-18(2)13-7-5-4-6-11(12)13;;;/h2-12H,1H3;3-10,16H,1-2H3;4-10H,1-3H3;1H4;2*1H/q;2*+1;;;/p-1. The van der Waals surface area contributed by atoms with E-state index in [-0.39, 0.29) is 38.2 Å². The van der Waals surface area contributed by atoms with Crippen LogP contribution in [0.1, 0.15) is 31.2 Å². The first-order chi connectivity index (χ1) is 27.2. The van der Waals surface area contributed by atoms with E-state index >= 15 is 0 Å². The molecule has 5 aromatic heterocycles. The molecule has 0 fully saturated rings. The fraction of sp³-hybridized carbons (Fsp3) is 0.174. The Bertz CT molecular complexity index is 2790. The highest BCUT2D eigenvalue weighted by Crippen LogP contribution is 2.31. The molecule has 1 aliphatic rings. The molecule has 1 unspecified atom stereocenters. The molecule has 1 atom stereocenters. The molecule has 2 N–H and O–H groups in total. The highest BCUT2D eigenvalue weighted by Gasteiger charge is 2.25. The van der Waals surface area contributed by atoms with Gasteiger partial charge in [0.2, 0.25) is 0 Å². The molecule has 0 saturated carbocycles. The number of aromatic nitrogens is 5. The van der Waals surface area contributed by atoms with Crippen molar-refractivity contribution in [1.82, 2.24) is 14.5 Å². The summed E-state index contributed by atoms with van der Waals surface area (Å²) in [5.41, 5.74) is 9.52. The minimum atomic E-state index is 0. The Balaban J connectivity index is 0.000000191. The summed E-state index contributed by atoms with van der Waals surface area (Å²) in [5.74, 6) is 1.08. The number of halogens is 2. The summed E-state index contributed by atoms with van der Waals surface area (Å²) < 4.78 is 7.81. The number of H-pyrrole nitrogens is 2. The molecule has 11 nitrogen and oxygen atoms in total. The Hall–Kier alpha value is -6.56. The molecule has 6 heterocycles. The Morgan fingerprint density at radius 3 is 2.10 bits per heavy atom. The van der Waals surface area contributed by atoms with Gasteiger partial charge in [-0.15, -0.1) is 14.9 Å². The minimum Gasteiger partial charge on any atom is -1.00 e. The molecule has 13 heteroatoms. The number of hydrogen-bond acceptors (Lipinski definition) is 5. The van der Waals surface area contributed by atoms with E-state index in [1.807, 2.05) is 124 Å². The van der Waals surface area contributed by atoms with Crippen LogP contribution in [0.3, 0.4) is 0 Å². The lowest BCUT2D eigenvalue weighted by atomic mass is 10.1. The number of rotatable bonds is 5. The molecule has 0 bridgehead atoms. The van der Waals surface area contributed by atoms with Gasteiger partial charge in [-0.2, -0.15) is 0 Å². The van der Waals surface area contributed by atoms with Gasteiger partial charge in [0, 0.05) is 70.5 Å². The number of benzene rings is 3. The molecule has 59 heavy (non-hydrogen) atoms. The first-order valence-electron chi connectivity index (χ1n) is 18.5. The van der Waals surface area contributed by atoms with Gasteiger partial charge in [-0.3, -0.25) is 0 Å². The van der Waals surface area contributed by atoms with Crippen molar-refractivity contribution in [1.29, 1.82) is 0 Å². The molecule has 0 amide bonds. The van der Waals surface area contributed by atoms with E-state index in [0.717, 1.165) is 50.4 Å². The second-order valence-corrected chi connectivity index (χ2v) is 13.8. The quantitative estimate of drug-likeness (QED) is 0.189. The molecular formula is C46H50Cl2N11+. The lowest BCUT2D eigenvalue weighted by molar-refractivity contribution is -0.671. The second kappa shape index (κ2) is 20.7. The van der Waals surface area contributed by atoms with E-state index in [4.69, 9.17) is 0 Å². The number of para-hydroxylation sites is 3. The average molecular weight is 828 g/mol. The molecule has 0 aliphatic carbocycles. The van der Waals surface area contributed by atoms with E-state index in [9.17, 15) is 0 Å². The maximum atomic E-state index is 4.39. The highest BCUT2D eigenvalue weighted by atomic mass is 35.5. The largest absolute Gasteiger partial charge is 1.00 e. The van der Waals surface area contributed by atoms with Crippen molar-refractivity contribution in [3.05, 3.63) is 151 Å². The molecule has 8 aromatic rings. The molecule has 0 saturated heterocycles. The monoisotopic (exact) mass is 826 g/mol. The predicted molar refractivity (Wildman–Crippen MR) is 233 cm³/mol. The van der Waals surface area contributed by atoms with Crippen molar-refractivity contribution in [2.24, 2.45) is 52.6 Å². The summed E-state index contributed by atoms with van der Waals surface area (Å²) in [4.78, 5) is 6.59. The number of pyridine rings is 2. The maximum absolute atomic E-state index is 4.39. The number of fused-ring (bicyclic) bond motifs is 3. The summed E-state index contributed by atoms with van der Waals surface area (Å²) >= 11 is 0. The predicted octanol–water partition coefficient (Wildman–Crippen LogP) is 4.46. The van der Waals surface area contributed by atoms with E-state index in [1.165, 1.54) is 22.0 Å². The normalized spacial score (nSPS) is 13.4. The van der Waals surface area contributed by atoms with Crippen molar-refractivity contribution in [2.75, 3.05) is 7.05 Å². The molecule has 302 valence electrons. The minimum absolute atomic E-state index is 0. The van der Waals surface area contributed by atoms with Crippen LogP contribution in [0.2, 0.25) is 0 Å². The third-order valence-corrected chi connectivity index (χ3v) is 9.47. The lowest BCUT2D eigenvalue weighted by Gasteiger charge is -1.92. The third-order valence-electron chi connectivity index (χ3n) is 9.47. The van der Waals surface area contributed by atoms with Crippen molar-refractivity contribution in [2.45, 2.75) is 21.3 Å². The van der Waals surface area contributed by atoms with Crippen LogP contribution in [0.25, 0.3) is 44.9 Å². The van der Waals surface area contributed by atoms with Gasteiger partial charge >= 0.3 is 5.84 Å². The summed E-state index contributed by atoms with van der Waals surface area (Å²) in [6.07, 6.45) is 18.2. The first-order valence-corrected chi connectivity index (χ1v) is 18.5. The van der Waals surface area contributed by atoms with Crippen LogP contribution in [0, 0.1) is 12.8 Å². The number of nitrogens with zero attached hydrogens (tertiary/aromatic N) is 9. The Labute approximate surface area is 357 Å². The van der Waals surface area contributed by atoms with Gasteiger partial charge in [0.15, 0.2) is 24.8 Å². The average Bonchev–Trinajstić information content (AvgIpc) is 3.96. The van der Waals surface area contributed by atoms with Crippen LogP contribution in [0.5, 0.6) is 0 Å².